The highest BCUT2D eigenvalue weighted by molar-refractivity contribution is 9.10. The Hall–Kier alpha value is -1.67. The van der Waals surface area contributed by atoms with Gasteiger partial charge in [0.1, 0.15) is 16.5 Å². The Morgan fingerprint density at radius 3 is 2.71 bits per heavy atom. The first kappa shape index (κ1) is 15.7. The van der Waals surface area contributed by atoms with Gasteiger partial charge in [-0.25, -0.2) is 17.8 Å². The number of hydrogen-bond acceptors (Lipinski definition) is 4. The minimum Gasteiger partial charge on any atom is -0.372 e. The van der Waals surface area contributed by atoms with Gasteiger partial charge in [-0.2, -0.15) is 0 Å². The van der Waals surface area contributed by atoms with Crippen LogP contribution in [0.2, 0.25) is 0 Å². The second-order valence-electron chi connectivity index (χ2n) is 4.29. The fourth-order valence-electron chi connectivity index (χ4n) is 1.75. The average Bonchev–Trinajstić information content (AvgIpc) is 2.44. The molecule has 0 aliphatic heterocycles. The van der Waals surface area contributed by atoms with Crippen molar-refractivity contribution in [3.63, 3.8) is 0 Å². The van der Waals surface area contributed by atoms with Crippen LogP contribution in [-0.2, 0) is 10.0 Å². The minimum atomic E-state index is -3.83. The Bertz CT molecular complexity index is 781. The van der Waals surface area contributed by atoms with E-state index in [0.717, 1.165) is 0 Å². The number of nitrogens with one attached hydrogen (secondary N) is 2. The molecule has 8 heteroatoms. The highest BCUT2D eigenvalue weighted by atomic mass is 79.9. The fraction of sp³-hybridized carbons (Fsp3) is 0.154. The number of aromatic nitrogens is 1. The zero-order valence-electron chi connectivity index (χ0n) is 11.3. The van der Waals surface area contributed by atoms with Gasteiger partial charge in [-0.3, -0.25) is 4.72 Å². The third kappa shape index (κ3) is 3.33. The lowest BCUT2D eigenvalue weighted by atomic mass is 10.2. The summed E-state index contributed by atoms with van der Waals surface area (Å²) < 4.78 is 40.9. The first-order valence-electron chi connectivity index (χ1n) is 5.96. The number of nitrogens with zero attached hydrogens (tertiary/aromatic N) is 1. The third-order valence-corrected chi connectivity index (χ3v) is 4.81. The quantitative estimate of drug-likeness (QED) is 0.863. The molecular formula is C13H13BrFN3O2S. The van der Waals surface area contributed by atoms with Crippen molar-refractivity contribution in [1.29, 1.82) is 0 Å². The Labute approximate surface area is 130 Å². The molecule has 0 fully saturated rings. The molecule has 0 amide bonds. The van der Waals surface area contributed by atoms with Crippen molar-refractivity contribution in [3.8, 4) is 0 Å². The van der Waals surface area contributed by atoms with Crippen LogP contribution < -0.4 is 10.0 Å². The predicted molar refractivity (Wildman–Crippen MR) is 83.4 cm³/mol. The standard InChI is InChI=1S/C13H13BrFN3O2S/c1-8-6-10(15)9(14)7-11(8)18-21(19,20)12-4-3-5-17-13(12)16-2/h3-7,18H,1-2H3,(H,16,17). The summed E-state index contributed by atoms with van der Waals surface area (Å²) in [5.41, 5.74) is 0.781. The smallest absolute Gasteiger partial charge is 0.265 e. The van der Waals surface area contributed by atoms with Crippen molar-refractivity contribution in [3.05, 3.63) is 46.3 Å². The predicted octanol–water partition coefficient (Wildman–Crippen LogP) is 3.13. The molecule has 1 heterocycles. The van der Waals surface area contributed by atoms with Crippen LogP contribution in [0.4, 0.5) is 15.9 Å². The van der Waals surface area contributed by atoms with Crippen LogP contribution in [0.25, 0.3) is 0 Å². The highest BCUT2D eigenvalue weighted by Crippen LogP contribution is 2.27. The lowest BCUT2D eigenvalue weighted by Gasteiger charge is -2.13. The van der Waals surface area contributed by atoms with E-state index in [4.69, 9.17) is 0 Å². The molecule has 5 nitrogen and oxygen atoms in total. The number of pyridine rings is 1. The Kier molecular flexibility index (Phi) is 4.48. The number of anilines is 2. The summed E-state index contributed by atoms with van der Waals surface area (Å²) in [6.07, 6.45) is 1.49. The molecule has 112 valence electrons. The van der Waals surface area contributed by atoms with E-state index >= 15 is 0 Å². The van der Waals surface area contributed by atoms with Gasteiger partial charge in [-0.05, 0) is 52.7 Å². The second kappa shape index (κ2) is 5.98. The van der Waals surface area contributed by atoms with Crippen molar-refractivity contribution in [1.82, 2.24) is 4.98 Å². The van der Waals surface area contributed by atoms with Crippen LogP contribution in [0, 0.1) is 12.7 Å². The highest BCUT2D eigenvalue weighted by Gasteiger charge is 2.20. The SMILES string of the molecule is CNc1ncccc1S(=O)(=O)Nc1cc(Br)c(F)cc1C. The van der Waals surface area contributed by atoms with Crippen molar-refractivity contribution >= 4 is 37.5 Å². The molecule has 1 aromatic heterocycles. The maximum atomic E-state index is 13.4. The van der Waals surface area contributed by atoms with E-state index < -0.39 is 15.8 Å². The van der Waals surface area contributed by atoms with Gasteiger partial charge >= 0.3 is 0 Å². The van der Waals surface area contributed by atoms with E-state index in [1.54, 1.807) is 14.0 Å². The normalized spacial score (nSPS) is 11.2. The first-order valence-corrected chi connectivity index (χ1v) is 8.24. The molecule has 2 aromatic rings. The Balaban J connectivity index is 2.45. The van der Waals surface area contributed by atoms with Crippen molar-refractivity contribution in [2.24, 2.45) is 0 Å². The van der Waals surface area contributed by atoms with E-state index in [1.165, 1.54) is 30.5 Å². The van der Waals surface area contributed by atoms with Crippen LogP contribution in [0.1, 0.15) is 5.56 Å². The second-order valence-corrected chi connectivity index (χ2v) is 6.79. The molecule has 2 rings (SSSR count). The van der Waals surface area contributed by atoms with Crippen LogP contribution >= 0.6 is 15.9 Å². The van der Waals surface area contributed by atoms with E-state index in [-0.39, 0.29) is 15.2 Å². The molecular weight excluding hydrogens is 361 g/mol. The van der Waals surface area contributed by atoms with E-state index in [1.807, 2.05) is 0 Å². The number of rotatable bonds is 4. The number of aryl methyl sites for hydroxylation is 1. The van der Waals surface area contributed by atoms with Gasteiger partial charge in [0.2, 0.25) is 0 Å². The fourth-order valence-corrected chi connectivity index (χ4v) is 3.38. The molecule has 0 aliphatic carbocycles. The molecule has 0 spiro atoms. The summed E-state index contributed by atoms with van der Waals surface area (Å²) in [7, 11) is -2.24. The number of benzene rings is 1. The van der Waals surface area contributed by atoms with Crippen molar-refractivity contribution in [2.45, 2.75) is 11.8 Å². The largest absolute Gasteiger partial charge is 0.372 e. The van der Waals surface area contributed by atoms with Gasteiger partial charge < -0.3 is 5.32 Å². The number of hydrogen-bond donors (Lipinski definition) is 2. The third-order valence-electron chi connectivity index (χ3n) is 2.81. The lowest BCUT2D eigenvalue weighted by molar-refractivity contribution is 0.600. The molecule has 1 aromatic carbocycles. The molecule has 0 aliphatic rings. The summed E-state index contributed by atoms with van der Waals surface area (Å²) in [4.78, 5) is 3.98. The molecule has 2 N–H and O–H groups in total. The number of sulfonamides is 1. The Morgan fingerprint density at radius 1 is 1.33 bits per heavy atom. The topological polar surface area (TPSA) is 71.1 Å². The molecule has 0 unspecified atom stereocenters. The van der Waals surface area contributed by atoms with Gasteiger partial charge in [0.05, 0.1) is 10.2 Å². The van der Waals surface area contributed by atoms with Crippen LogP contribution in [0.3, 0.4) is 0 Å². The van der Waals surface area contributed by atoms with Gasteiger partial charge in [0, 0.05) is 13.2 Å². The van der Waals surface area contributed by atoms with Crippen molar-refractivity contribution < 1.29 is 12.8 Å². The average molecular weight is 374 g/mol. The summed E-state index contributed by atoms with van der Waals surface area (Å²) >= 11 is 3.04. The Morgan fingerprint density at radius 2 is 2.05 bits per heavy atom. The minimum absolute atomic E-state index is 0.0207. The van der Waals surface area contributed by atoms with E-state index in [9.17, 15) is 12.8 Å². The van der Waals surface area contributed by atoms with Gasteiger partial charge in [-0.1, -0.05) is 0 Å². The molecule has 21 heavy (non-hydrogen) atoms. The molecule has 0 atom stereocenters. The van der Waals surface area contributed by atoms with Crippen LogP contribution in [0.15, 0.2) is 39.8 Å². The summed E-state index contributed by atoms with van der Waals surface area (Å²) in [6.45, 7) is 1.62. The van der Waals surface area contributed by atoms with E-state index in [2.05, 4.69) is 31.0 Å². The van der Waals surface area contributed by atoms with Gasteiger partial charge in [0.15, 0.2) is 0 Å². The summed E-state index contributed by atoms with van der Waals surface area (Å²) in [6, 6.07) is 5.61. The molecule has 0 bridgehead atoms. The van der Waals surface area contributed by atoms with Gasteiger partial charge in [0.25, 0.3) is 10.0 Å². The van der Waals surface area contributed by atoms with Gasteiger partial charge in [-0.15, -0.1) is 0 Å². The van der Waals surface area contributed by atoms with Crippen LogP contribution in [-0.4, -0.2) is 20.4 Å². The lowest BCUT2D eigenvalue weighted by Crippen LogP contribution is -2.16. The van der Waals surface area contributed by atoms with E-state index in [0.29, 0.717) is 11.3 Å². The molecule has 0 saturated heterocycles. The monoisotopic (exact) mass is 373 g/mol. The summed E-state index contributed by atoms with van der Waals surface area (Å²) in [5.74, 6) is -0.212. The molecule has 0 radical (unpaired) electrons. The summed E-state index contributed by atoms with van der Waals surface area (Å²) in [5, 5.41) is 2.72. The zero-order valence-corrected chi connectivity index (χ0v) is 13.7. The zero-order chi connectivity index (χ0) is 15.6. The van der Waals surface area contributed by atoms with Crippen LogP contribution in [0.5, 0.6) is 0 Å². The number of halogens is 2. The maximum Gasteiger partial charge on any atom is 0.265 e. The maximum absolute atomic E-state index is 13.4. The first-order chi connectivity index (χ1) is 9.85. The molecule has 0 saturated carbocycles. The van der Waals surface area contributed by atoms with Crippen molar-refractivity contribution in [2.75, 3.05) is 17.1 Å².